The van der Waals surface area contributed by atoms with Crippen LogP contribution in [-0.4, -0.2) is 44.5 Å². The van der Waals surface area contributed by atoms with E-state index in [2.05, 4.69) is 15.3 Å². The van der Waals surface area contributed by atoms with Crippen molar-refractivity contribution >= 4 is 34.2 Å². The first-order chi connectivity index (χ1) is 16.8. The van der Waals surface area contributed by atoms with Crippen molar-refractivity contribution in [3.63, 3.8) is 0 Å². The largest absolute Gasteiger partial charge is 0.478 e. The molecule has 2 aromatic carbocycles. The van der Waals surface area contributed by atoms with E-state index in [1.54, 1.807) is 44.2 Å². The second-order valence-electron chi connectivity index (χ2n) is 8.91. The van der Waals surface area contributed by atoms with Gasteiger partial charge in [-0.2, -0.15) is 13.2 Å². The van der Waals surface area contributed by atoms with Crippen molar-refractivity contribution in [3.8, 4) is 0 Å². The van der Waals surface area contributed by atoms with Crippen molar-refractivity contribution in [1.82, 2.24) is 14.4 Å². The first-order valence-corrected chi connectivity index (χ1v) is 11.0. The van der Waals surface area contributed by atoms with E-state index in [0.717, 1.165) is 10.6 Å². The molecule has 5 rings (SSSR count). The van der Waals surface area contributed by atoms with Crippen molar-refractivity contribution in [3.05, 3.63) is 65.0 Å². The van der Waals surface area contributed by atoms with Crippen LogP contribution in [0.1, 0.15) is 40.1 Å². The van der Waals surface area contributed by atoms with E-state index in [1.165, 1.54) is 11.0 Å². The molecule has 0 amide bonds. The van der Waals surface area contributed by atoms with Crippen LogP contribution in [0.15, 0.2) is 42.6 Å². The number of nitrogens with one attached hydrogen (secondary N) is 1. The summed E-state index contributed by atoms with van der Waals surface area (Å²) in [5.74, 6) is -4.17. The van der Waals surface area contributed by atoms with Crippen molar-refractivity contribution in [2.45, 2.75) is 32.0 Å². The van der Waals surface area contributed by atoms with Crippen LogP contribution in [-0.2, 0) is 6.18 Å². The molecule has 0 radical (unpaired) electrons. The minimum absolute atomic E-state index is 0.0447. The zero-order valence-electron chi connectivity index (χ0n) is 19.1. The molecular formula is C24H20F5N5O2. The fourth-order valence-corrected chi connectivity index (χ4v) is 4.43. The quantitative estimate of drug-likeness (QED) is 0.347. The lowest BCUT2D eigenvalue weighted by Gasteiger charge is -2.39. The lowest BCUT2D eigenvalue weighted by Crippen LogP contribution is -2.57. The molecule has 1 atom stereocenters. The van der Waals surface area contributed by atoms with Gasteiger partial charge in [-0.1, -0.05) is 18.2 Å². The molecule has 188 valence electrons. The number of carboxylic acid groups (broad SMARTS) is 1. The van der Waals surface area contributed by atoms with Gasteiger partial charge in [-0.25, -0.2) is 23.5 Å². The third-order valence-corrected chi connectivity index (χ3v) is 6.07. The molecule has 1 fully saturated rings. The SMILES string of the molecule is Cc1cc(C(C)Nc2ccccc2C(=O)O)c2nc(N3CC(F)(F)C3)n3cc(C(F)(F)F)nc3c2c1. The lowest BCUT2D eigenvalue weighted by atomic mass is 10.0. The molecule has 1 aliphatic heterocycles. The number of hydrogen-bond acceptors (Lipinski definition) is 5. The Morgan fingerprint density at radius 1 is 1.17 bits per heavy atom. The highest BCUT2D eigenvalue weighted by atomic mass is 19.4. The molecule has 0 bridgehead atoms. The summed E-state index contributed by atoms with van der Waals surface area (Å²) in [5.41, 5.74) is 0.721. The summed E-state index contributed by atoms with van der Waals surface area (Å²) < 4.78 is 69.0. The van der Waals surface area contributed by atoms with Gasteiger partial charge in [0.1, 0.15) is 5.65 Å². The van der Waals surface area contributed by atoms with E-state index >= 15 is 0 Å². The number of para-hydroxylation sites is 1. The fraction of sp³-hybridized carbons (Fsp3) is 0.292. The van der Waals surface area contributed by atoms with E-state index in [-0.39, 0.29) is 22.7 Å². The number of aryl methyl sites for hydroxylation is 1. The summed E-state index contributed by atoms with van der Waals surface area (Å²) in [6.45, 7) is 2.15. The van der Waals surface area contributed by atoms with Gasteiger partial charge < -0.3 is 15.3 Å². The maximum absolute atomic E-state index is 13.7. The van der Waals surface area contributed by atoms with Crippen LogP contribution in [0, 0.1) is 6.92 Å². The highest BCUT2D eigenvalue weighted by molar-refractivity contribution is 5.97. The third kappa shape index (κ3) is 4.06. The Labute approximate surface area is 201 Å². The van der Waals surface area contributed by atoms with Gasteiger partial charge in [0.25, 0.3) is 5.92 Å². The van der Waals surface area contributed by atoms with Crippen LogP contribution in [0.2, 0.25) is 0 Å². The van der Waals surface area contributed by atoms with E-state index in [0.29, 0.717) is 22.2 Å². The molecule has 7 nitrogen and oxygen atoms in total. The number of benzene rings is 2. The molecule has 0 spiro atoms. The van der Waals surface area contributed by atoms with Crippen molar-refractivity contribution in [2.75, 3.05) is 23.3 Å². The number of carboxylic acids is 1. The number of halogens is 5. The summed E-state index contributed by atoms with van der Waals surface area (Å²) in [6.07, 6.45) is -3.98. The zero-order chi connectivity index (χ0) is 26.0. The second-order valence-corrected chi connectivity index (χ2v) is 8.91. The van der Waals surface area contributed by atoms with E-state index in [4.69, 9.17) is 0 Å². The van der Waals surface area contributed by atoms with Crippen LogP contribution in [0.25, 0.3) is 16.6 Å². The number of aromatic nitrogens is 3. The smallest absolute Gasteiger partial charge is 0.434 e. The van der Waals surface area contributed by atoms with Crippen molar-refractivity contribution in [2.24, 2.45) is 0 Å². The molecule has 2 N–H and O–H groups in total. The number of imidazole rings is 1. The van der Waals surface area contributed by atoms with Crippen molar-refractivity contribution in [1.29, 1.82) is 0 Å². The Hall–Kier alpha value is -3.96. The highest BCUT2D eigenvalue weighted by Gasteiger charge is 2.46. The van der Waals surface area contributed by atoms with Crippen molar-refractivity contribution < 1.29 is 31.9 Å². The maximum atomic E-state index is 13.7. The summed E-state index contributed by atoms with van der Waals surface area (Å²) in [5, 5.41) is 13.0. The number of rotatable bonds is 5. The molecule has 1 aliphatic rings. The van der Waals surface area contributed by atoms with Gasteiger partial charge in [-0.3, -0.25) is 4.40 Å². The molecule has 36 heavy (non-hydrogen) atoms. The van der Waals surface area contributed by atoms with Gasteiger partial charge in [0.05, 0.1) is 30.2 Å². The average Bonchev–Trinajstić information content (AvgIpc) is 3.23. The van der Waals surface area contributed by atoms with Gasteiger partial charge in [0.2, 0.25) is 5.95 Å². The number of aromatic carboxylic acids is 1. The van der Waals surface area contributed by atoms with Gasteiger partial charge in [0, 0.05) is 22.8 Å². The summed E-state index contributed by atoms with van der Waals surface area (Å²) in [6, 6.07) is 9.18. The number of nitrogens with zero attached hydrogens (tertiary/aromatic N) is 4. The van der Waals surface area contributed by atoms with Gasteiger partial charge >= 0.3 is 12.1 Å². The fourth-order valence-electron chi connectivity index (χ4n) is 4.43. The Kier molecular flexibility index (Phi) is 5.31. The first kappa shape index (κ1) is 23.8. The normalized spacial score (nSPS) is 16.2. The number of carbonyl (C=O) groups is 1. The van der Waals surface area contributed by atoms with Crippen LogP contribution >= 0.6 is 0 Å². The molecule has 12 heteroatoms. The minimum atomic E-state index is -4.74. The van der Waals surface area contributed by atoms with Crippen LogP contribution < -0.4 is 10.2 Å². The second kappa shape index (κ2) is 8.04. The van der Waals surface area contributed by atoms with Gasteiger partial charge in [-0.15, -0.1) is 0 Å². The molecule has 1 saturated heterocycles. The van der Waals surface area contributed by atoms with Crippen LogP contribution in [0.5, 0.6) is 0 Å². The highest BCUT2D eigenvalue weighted by Crippen LogP contribution is 2.38. The predicted octanol–water partition coefficient (Wildman–Crippen LogP) is 5.54. The predicted molar refractivity (Wildman–Crippen MR) is 123 cm³/mol. The topological polar surface area (TPSA) is 82.8 Å². The summed E-state index contributed by atoms with van der Waals surface area (Å²) in [4.78, 5) is 21.2. The maximum Gasteiger partial charge on any atom is 0.434 e. The van der Waals surface area contributed by atoms with E-state index in [9.17, 15) is 31.9 Å². The molecule has 4 aromatic rings. The number of alkyl halides is 5. The molecule has 0 aliphatic carbocycles. The van der Waals surface area contributed by atoms with Crippen LogP contribution in [0.4, 0.5) is 33.6 Å². The zero-order valence-corrected chi connectivity index (χ0v) is 19.1. The first-order valence-electron chi connectivity index (χ1n) is 11.0. The molecule has 2 aromatic heterocycles. The van der Waals surface area contributed by atoms with Gasteiger partial charge in [0.15, 0.2) is 5.69 Å². The Morgan fingerprint density at radius 2 is 1.86 bits per heavy atom. The summed E-state index contributed by atoms with van der Waals surface area (Å²) >= 11 is 0. The van der Waals surface area contributed by atoms with E-state index < -0.39 is 42.9 Å². The molecule has 3 heterocycles. The number of fused-ring (bicyclic) bond motifs is 3. The monoisotopic (exact) mass is 505 g/mol. The molecular weight excluding hydrogens is 485 g/mol. The number of hydrogen-bond donors (Lipinski definition) is 2. The number of anilines is 2. The summed E-state index contributed by atoms with van der Waals surface area (Å²) in [7, 11) is 0. The lowest BCUT2D eigenvalue weighted by molar-refractivity contribution is -0.140. The minimum Gasteiger partial charge on any atom is -0.478 e. The standard InChI is InChI=1S/C24H20F5N5O2/c1-12-7-15(13(2)30-17-6-4-3-5-14(17)21(35)36)19-16(8-12)20-31-18(24(27,28)29)9-34(20)22(32-19)33-10-23(25,26)11-33/h3-9,13,30H,10-11H2,1-2H3,(H,35,36). The third-order valence-electron chi connectivity index (χ3n) is 6.07. The molecule has 0 saturated carbocycles. The Bertz CT molecular complexity index is 1510. The Balaban J connectivity index is 1.70. The Morgan fingerprint density at radius 3 is 2.50 bits per heavy atom. The van der Waals surface area contributed by atoms with Crippen LogP contribution in [0.3, 0.4) is 0 Å². The average molecular weight is 505 g/mol. The van der Waals surface area contributed by atoms with Gasteiger partial charge in [-0.05, 0) is 37.6 Å². The van der Waals surface area contributed by atoms with E-state index in [1.807, 2.05) is 0 Å². The molecule has 1 unspecified atom stereocenters.